The second-order valence-electron chi connectivity index (χ2n) is 3.45. The van der Waals surface area contributed by atoms with Crippen LogP contribution in [0.25, 0.3) is 0 Å². The van der Waals surface area contributed by atoms with Gasteiger partial charge in [0, 0.05) is 26.7 Å². The molecule has 0 saturated heterocycles. The molecular weight excluding hydrogens is 202 g/mol. The molecule has 1 atom stereocenters. The van der Waals surface area contributed by atoms with Crippen LogP contribution in [0, 0.1) is 0 Å². The van der Waals surface area contributed by atoms with Crippen LogP contribution >= 0.6 is 11.8 Å². The van der Waals surface area contributed by atoms with Crippen molar-refractivity contribution < 1.29 is 14.6 Å². The Kier molecular flexibility index (Phi) is 6.96. The van der Waals surface area contributed by atoms with Crippen LogP contribution in [0.1, 0.15) is 13.3 Å². The number of carbonyl (C=O) groups is 1. The van der Waals surface area contributed by atoms with Crippen molar-refractivity contribution in [2.75, 3.05) is 32.3 Å². The maximum absolute atomic E-state index is 11.1. The predicted molar refractivity (Wildman–Crippen MR) is 58.5 cm³/mol. The lowest BCUT2D eigenvalue weighted by molar-refractivity contribution is -0.119. The maximum atomic E-state index is 11.1. The summed E-state index contributed by atoms with van der Waals surface area (Å²) in [7, 11) is 1.59. The molecule has 0 bridgehead atoms. The number of ether oxygens (including phenoxy) is 1. The van der Waals surface area contributed by atoms with E-state index in [2.05, 4.69) is 5.32 Å². The number of nitrogens with one attached hydrogen (secondary N) is 1. The Bertz CT molecular complexity index is 173. The highest BCUT2D eigenvalue weighted by Crippen LogP contribution is 2.07. The van der Waals surface area contributed by atoms with Crippen molar-refractivity contribution in [2.24, 2.45) is 0 Å². The van der Waals surface area contributed by atoms with E-state index in [9.17, 15) is 9.90 Å². The molecule has 0 fully saturated rings. The zero-order valence-electron chi connectivity index (χ0n) is 9.00. The van der Waals surface area contributed by atoms with E-state index in [4.69, 9.17) is 4.74 Å². The molecule has 4 nitrogen and oxygen atoms in total. The van der Waals surface area contributed by atoms with Crippen LogP contribution in [0.5, 0.6) is 0 Å². The summed E-state index contributed by atoms with van der Waals surface area (Å²) < 4.78 is 4.86. The Hall–Kier alpha value is -0.260. The first-order valence-corrected chi connectivity index (χ1v) is 5.88. The molecule has 0 aromatic heterocycles. The Morgan fingerprint density at radius 2 is 2.29 bits per heavy atom. The van der Waals surface area contributed by atoms with Gasteiger partial charge in [-0.2, -0.15) is 11.8 Å². The average Bonchev–Trinajstić information content (AvgIpc) is 2.13. The Balaban J connectivity index is 3.68. The number of carbonyl (C=O) groups excluding carboxylic acids is 1. The fraction of sp³-hybridized carbons (Fsp3) is 0.889. The van der Waals surface area contributed by atoms with Crippen LogP contribution in [0.15, 0.2) is 0 Å². The summed E-state index contributed by atoms with van der Waals surface area (Å²) in [6, 6.07) is 0. The van der Waals surface area contributed by atoms with Crippen LogP contribution in [-0.2, 0) is 9.53 Å². The van der Waals surface area contributed by atoms with Crippen molar-refractivity contribution in [1.82, 2.24) is 5.32 Å². The van der Waals surface area contributed by atoms with Gasteiger partial charge in [0.15, 0.2) is 0 Å². The second-order valence-corrected chi connectivity index (χ2v) is 4.32. The summed E-state index contributed by atoms with van der Waals surface area (Å²) in [4.78, 5) is 11.1. The SMILES string of the molecule is COCCC(C)(O)CNC(=O)CSC. The molecule has 0 rings (SSSR count). The molecule has 0 radical (unpaired) electrons. The predicted octanol–water partition coefficient (Wildman–Crippen LogP) is 0.253. The van der Waals surface area contributed by atoms with Gasteiger partial charge in [0.1, 0.15) is 0 Å². The monoisotopic (exact) mass is 221 g/mol. The molecule has 1 unspecified atom stereocenters. The van der Waals surface area contributed by atoms with Gasteiger partial charge >= 0.3 is 0 Å². The third kappa shape index (κ3) is 7.17. The van der Waals surface area contributed by atoms with Crippen molar-refractivity contribution in [3.63, 3.8) is 0 Å². The van der Waals surface area contributed by atoms with Crippen LogP contribution in [-0.4, -0.2) is 48.9 Å². The minimum absolute atomic E-state index is 0.0461. The van der Waals surface area contributed by atoms with E-state index in [1.54, 1.807) is 14.0 Å². The van der Waals surface area contributed by atoms with E-state index < -0.39 is 5.60 Å². The number of hydrogen-bond acceptors (Lipinski definition) is 4. The van der Waals surface area contributed by atoms with Crippen molar-refractivity contribution in [3.05, 3.63) is 0 Å². The van der Waals surface area contributed by atoms with Gasteiger partial charge in [-0.15, -0.1) is 0 Å². The molecule has 14 heavy (non-hydrogen) atoms. The van der Waals surface area contributed by atoms with Gasteiger partial charge in [-0.3, -0.25) is 4.79 Å². The van der Waals surface area contributed by atoms with Crippen LogP contribution in [0.4, 0.5) is 0 Å². The molecule has 0 aliphatic rings. The first-order chi connectivity index (χ1) is 6.52. The zero-order valence-corrected chi connectivity index (χ0v) is 9.82. The lowest BCUT2D eigenvalue weighted by Gasteiger charge is -2.23. The molecule has 5 heteroatoms. The molecule has 2 N–H and O–H groups in total. The summed E-state index contributed by atoms with van der Waals surface area (Å²) >= 11 is 1.46. The summed E-state index contributed by atoms with van der Waals surface area (Å²) in [5.74, 6) is 0.385. The molecule has 0 heterocycles. The van der Waals surface area contributed by atoms with Gasteiger partial charge in [-0.05, 0) is 13.2 Å². The summed E-state index contributed by atoms with van der Waals surface area (Å²) in [5, 5.41) is 12.4. The van der Waals surface area contributed by atoms with E-state index in [1.165, 1.54) is 11.8 Å². The first-order valence-electron chi connectivity index (χ1n) is 4.49. The number of amides is 1. The summed E-state index contributed by atoms with van der Waals surface area (Å²) in [6.07, 6.45) is 2.38. The lowest BCUT2D eigenvalue weighted by atomic mass is 10.0. The Morgan fingerprint density at radius 3 is 2.79 bits per heavy atom. The minimum Gasteiger partial charge on any atom is -0.388 e. The summed E-state index contributed by atoms with van der Waals surface area (Å²) in [5.41, 5.74) is -0.885. The van der Waals surface area contributed by atoms with Gasteiger partial charge in [0.25, 0.3) is 0 Å². The van der Waals surface area contributed by atoms with E-state index in [0.717, 1.165) is 0 Å². The van der Waals surface area contributed by atoms with Crippen LogP contribution in [0.2, 0.25) is 0 Å². The normalized spacial score (nSPS) is 14.9. The number of aliphatic hydroxyl groups is 1. The van der Waals surface area contributed by atoms with E-state index in [-0.39, 0.29) is 12.5 Å². The molecule has 0 aromatic carbocycles. The number of hydrogen-bond donors (Lipinski definition) is 2. The molecule has 0 aliphatic heterocycles. The van der Waals surface area contributed by atoms with E-state index >= 15 is 0 Å². The fourth-order valence-electron chi connectivity index (χ4n) is 0.881. The standard InChI is InChI=1S/C9H19NO3S/c1-9(12,4-5-13-2)7-10-8(11)6-14-3/h12H,4-7H2,1-3H3,(H,10,11). The van der Waals surface area contributed by atoms with Crippen LogP contribution in [0.3, 0.4) is 0 Å². The third-order valence-corrected chi connectivity index (χ3v) is 2.34. The highest BCUT2D eigenvalue weighted by Gasteiger charge is 2.20. The van der Waals surface area contributed by atoms with Crippen molar-refractivity contribution in [1.29, 1.82) is 0 Å². The first kappa shape index (κ1) is 13.7. The van der Waals surface area contributed by atoms with Crippen molar-refractivity contribution >= 4 is 17.7 Å². The molecule has 84 valence electrons. The smallest absolute Gasteiger partial charge is 0.230 e. The summed E-state index contributed by atoms with van der Waals surface area (Å²) in [6.45, 7) is 2.45. The fourth-order valence-corrected chi connectivity index (χ4v) is 1.25. The topological polar surface area (TPSA) is 58.6 Å². The third-order valence-electron chi connectivity index (χ3n) is 1.79. The highest BCUT2D eigenvalue weighted by molar-refractivity contribution is 7.99. The molecule has 1 amide bonds. The highest BCUT2D eigenvalue weighted by atomic mass is 32.2. The molecule has 0 aromatic rings. The molecule has 0 spiro atoms. The molecule has 0 aliphatic carbocycles. The van der Waals surface area contributed by atoms with Gasteiger partial charge in [0.2, 0.25) is 5.91 Å². The van der Waals surface area contributed by atoms with Gasteiger partial charge in [-0.25, -0.2) is 0 Å². The minimum atomic E-state index is -0.885. The molecule has 0 saturated carbocycles. The Labute approximate surface area is 89.4 Å². The Morgan fingerprint density at radius 1 is 1.64 bits per heavy atom. The number of rotatable bonds is 7. The largest absolute Gasteiger partial charge is 0.388 e. The maximum Gasteiger partial charge on any atom is 0.230 e. The quantitative estimate of drug-likeness (QED) is 0.647. The average molecular weight is 221 g/mol. The van der Waals surface area contributed by atoms with E-state index in [0.29, 0.717) is 18.8 Å². The lowest BCUT2D eigenvalue weighted by Crippen LogP contribution is -2.41. The van der Waals surface area contributed by atoms with Crippen LogP contribution < -0.4 is 5.32 Å². The van der Waals surface area contributed by atoms with Gasteiger partial charge in [-0.1, -0.05) is 0 Å². The van der Waals surface area contributed by atoms with Gasteiger partial charge < -0.3 is 15.2 Å². The number of thioether (sulfide) groups is 1. The van der Waals surface area contributed by atoms with Crippen molar-refractivity contribution in [3.8, 4) is 0 Å². The van der Waals surface area contributed by atoms with E-state index in [1.807, 2.05) is 6.26 Å². The van der Waals surface area contributed by atoms with Crippen molar-refractivity contribution in [2.45, 2.75) is 18.9 Å². The second kappa shape index (κ2) is 7.09. The number of methoxy groups -OCH3 is 1. The molecular formula is C9H19NO3S. The zero-order chi connectivity index (χ0) is 11.0. The van der Waals surface area contributed by atoms with Gasteiger partial charge in [0.05, 0.1) is 11.4 Å².